The van der Waals surface area contributed by atoms with Crippen molar-refractivity contribution in [2.45, 2.75) is 17.9 Å². The van der Waals surface area contributed by atoms with Crippen LogP contribution in [0.25, 0.3) is 0 Å². The van der Waals surface area contributed by atoms with Gasteiger partial charge in [-0.2, -0.15) is 0 Å². The van der Waals surface area contributed by atoms with Crippen LogP contribution in [0, 0.1) is 17.5 Å². The number of nitrogens with one attached hydrogen (secondary N) is 1. The van der Waals surface area contributed by atoms with Crippen LogP contribution in [-0.2, 0) is 10.0 Å². The zero-order valence-corrected chi connectivity index (χ0v) is 11.8. The Balaban J connectivity index is 2.30. The van der Waals surface area contributed by atoms with Gasteiger partial charge in [0, 0.05) is 17.7 Å². The molecule has 7 heteroatoms. The van der Waals surface area contributed by atoms with E-state index >= 15 is 0 Å². The zero-order chi connectivity index (χ0) is 15.6. The Bertz CT molecular complexity index is 763. The van der Waals surface area contributed by atoms with Gasteiger partial charge in [0.1, 0.15) is 22.3 Å². The Morgan fingerprint density at radius 3 is 2.29 bits per heavy atom. The highest BCUT2D eigenvalue weighted by atomic mass is 32.2. The molecule has 2 rings (SSSR count). The third-order valence-corrected chi connectivity index (χ3v) is 4.46. The van der Waals surface area contributed by atoms with Crippen LogP contribution in [0.1, 0.15) is 18.5 Å². The monoisotopic (exact) mass is 315 g/mol. The summed E-state index contributed by atoms with van der Waals surface area (Å²) in [5, 5.41) is 0. The fourth-order valence-corrected chi connectivity index (χ4v) is 3.18. The molecule has 2 aromatic rings. The maximum absolute atomic E-state index is 13.6. The normalized spacial score (nSPS) is 13.1. The van der Waals surface area contributed by atoms with Crippen molar-refractivity contribution in [2.75, 3.05) is 0 Å². The van der Waals surface area contributed by atoms with Gasteiger partial charge in [-0.05, 0) is 25.1 Å². The molecule has 2 aromatic carbocycles. The maximum Gasteiger partial charge on any atom is 0.244 e. The minimum Gasteiger partial charge on any atom is -0.207 e. The third kappa shape index (κ3) is 3.43. The molecule has 0 bridgehead atoms. The lowest BCUT2D eigenvalue weighted by Crippen LogP contribution is -2.28. The van der Waals surface area contributed by atoms with E-state index in [0.29, 0.717) is 6.07 Å². The van der Waals surface area contributed by atoms with E-state index in [4.69, 9.17) is 0 Å². The van der Waals surface area contributed by atoms with Crippen LogP contribution in [0.15, 0.2) is 47.4 Å². The smallest absolute Gasteiger partial charge is 0.207 e. The van der Waals surface area contributed by atoms with Gasteiger partial charge in [-0.3, -0.25) is 0 Å². The molecule has 0 heterocycles. The van der Waals surface area contributed by atoms with Gasteiger partial charge in [0.2, 0.25) is 10.0 Å². The average molecular weight is 315 g/mol. The Labute approximate surface area is 120 Å². The largest absolute Gasteiger partial charge is 0.244 e. The molecular formula is C14H12F3NO2S. The van der Waals surface area contributed by atoms with Gasteiger partial charge in [-0.1, -0.05) is 18.2 Å². The second-order valence-electron chi connectivity index (χ2n) is 4.44. The minimum absolute atomic E-state index is 0.0312. The molecule has 0 aromatic heterocycles. The topological polar surface area (TPSA) is 46.2 Å². The van der Waals surface area contributed by atoms with E-state index in [1.807, 2.05) is 0 Å². The summed E-state index contributed by atoms with van der Waals surface area (Å²) in [6, 6.07) is 6.69. The highest BCUT2D eigenvalue weighted by Gasteiger charge is 2.23. The molecule has 0 aliphatic carbocycles. The van der Waals surface area contributed by atoms with Gasteiger partial charge in [0.25, 0.3) is 0 Å². The Morgan fingerprint density at radius 1 is 1.00 bits per heavy atom. The first-order valence-electron chi connectivity index (χ1n) is 6.03. The van der Waals surface area contributed by atoms with Gasteiger partial charge in [0.15, 0.2) is 0 Å². The van der Waals surface area contributed by atoms with Crippen LogP contribution in [-0.4, -0.2) is 8.42 Å². The van der Waals surface area contributed by atoms with Crippen LogP contribution < -0.4 is 4.72 Å². The van der Waals surface area contributed by atoms with Crippen LogP contribution in [0.5, 0.6) is 0 Å². The minimum atomic E-state index is -4.15. The van der Waals surface area contributed by atoms with E-state index < -0.39 is 38.4 Å². The summed E-state index contributed by atoms with van der Waals surface area (Å²) >= 11 is 0. The molecule has 0 aliphatic heterocycles. The van der Waals surface area contributed by atoms with Gasteiger partial charge in [-0.25, -0.2) is 26.3 Å². The lowest BCUT2D eigenvalue weighted by molar-refractivity contribution is 0.532. The molecule has 0 saturated heterocycles. The number of hydrogen-bond acceptors (Lipinski definition) is 2. The predicted molar refractivity (Wildman–Crippen MR) is 71.5 cm³/mol. The van der Waals surface area contributed by atoms with Gasteiger partial charge < -0.3 is 0 Å². The quantitative estimate of drug-likeness (QED) is 0.942. The summed E-state index contributed by atoms with van der Waals surface area (Å²) < 4.78 is 66.3. The highest BCUT2D eigenvalue weighted by Crippen LogP contribution is 2.21. The van der Waals surface area contributed by atoms with Gasteiger partial charge in [-0.15, -0.1) is 0 Å². The summed E-state index contributed by atoms with van der Waals surface area (Å²) in [4.78, 5) is -0.528. The highest BCUT2D eigenvalue weighted by molar-refractivity contribution is 7.89. The molecular weight excluding hydrogens is 303 g/mol. The number of hydrogen-bond donors (Lipinski definition) is 1. The molecule has 1 atom stereocenters. The van der Waals surface area contributed by atoms with E-state index in [0.717, 1.165) is 24.3 Å². The van der Waals surface area contributed by atoms with Crippen molar-refractivity contribution in [3.63, 3.8) is 0 Å². The molecule has 3 nitrogen and oxygen atoms in total. The van der Waals surface area contributed by atoms with E-state index in [1.165, 1.54) is 19.1 Å². The van der Waals surface area contributed by atoms with Crippen molar-refractivity contribution in [3.05, 3.63) is 65.5 Å². The zero-order valence-electron chi connectivity index (χ0n) is 11.0. The number of sulfonamides is 1. The lowest BCUT2D eigenvalue weighted by atomic mass is 10.1. The van der Waals surface area contributed by atoms with E-state index in [9.17, 15) is 21.6 Å². The van der Waals surface area contributed by atoms with Crippen LogP contribution >= 0.6 is 0 Å². The summed E-state index contributed by atoms with van der Waals surface area (Å²) in [5.74, 6) is -2.55. The predicted octanol–water partition coefficient (Wildman–Crippen LogP) is 3.14. The molecule has 0 aliphatic rings. The SMILES string of the molecule is CC(NS(=O)(=O)c1ccccc1F)c1ccc(F)cc1F. The van der Waals surface area contributed by atoms with Gasteiger partial charge in [0.05, 0.1) is 0 Å². The second kappa shape index (κ2) is 5.87. The molecule has 0 amide bonds. The third-order valence-electron chi connectivity index (χ3n) is 2.89. The van der Waals surface area contributed by atoms with Gasteiger partial charge >= 0.3 is 0 Å². The van der Waals surface area contributed by atoms with Crippen molar-refractivity contribution >= 4 is 10.0 Å². The number of halogens is 3. The molecule has 0 saturated carbocycles. The van der Waals surface area contributed by atoms with Crippen LogP contribution in [0.2, 0.25) is 0 Å². The number of rotatable bonds is 4. The lowest BCUT2D eigenvalue weighted by Gasteiger charge is -2.15. The summed E-state index contributed by atoms with van der Waals surface area (Å²) in [7, 11) is -4.15. The molecule has 112 valence electrons. The fraction of sp³-hybridized carbons (Fsp3) is 0.143. The molecule has 1 N–H and O–H groups in total. The average Bonchev–Trinajstić information content (AvgIpc) is 2.38. The first-order valence-corrected chi connectivity index (χ1v) is 7.51. The summed E-state index contributed by atoms with van der Waals surface area (Å²) in [6.45, 7) is 1.38. The van der Waals surface area contributed by atoms with Crippen molar-refractivity contribution in [2.24, 2.45) is 0 Å². The molecule has 0 spiro atoms. The van der Waals surface area contributed by atoms with E-state index in [1.54, 1.807) is 0 Å². The fourth-order valence-electron chi connectivity index (χ4n) is 1.88. The van der Waals surface area contributed by atoms with E-state index in [2.05, 4.69) is 4.72 Å². The van der Waals surface area contributed by atoms with Crippen molar-refractivity contribution in [3.8, 4) is 0 Å². The number of benzene rings is 2. The molecule has 0 radical (unpaired) electrons. The first-order chi connectivity index (χ1) is 9.81. The summed E-state index contributed by atoms with van der Waals surface area (Å²) in [6.07, 6.45) is 0. The molecule has 21 heavy (non-hydrogen) atoms. The van der Waals surface area contributed by atoms with Crippen molar-refractivity contribution in [1.29, 1.82) is 0 Å². The Kier molecular flexibility index (Phi) is 4.34. The second-order valence-corrected chi connectivity index (χ2v) is 6.12. The van der Waals surface area contributed by atoms with Crippen LogP contribution in [0.3, 0.4) is 0 Å². The molecule has 1 unspecified atom stereocenters. The van der Waals surface area contributed by atoms with Crippen molar-refractivity contribution < 1.29 is 21.6 Å². The Hall–Kier alpha value is -1.86. The first kappa shape index (κ1) is 15.5. The maximum atomic E-state index is 13.6. The standard InChI is InChI=1S/C14H12F3NO2S/c1-9(11-7-6-10(15)8-13(11)17)18-21(19,20)14-5-3-2-4-12(14)16/h2-9,18H,1H3. The Morgan fingerprint density at radius 2 is 1.67 bits per heavy atom. The molecule has 0 fully saturated rings. The van der Waals surface area contributed by atoms with Crippen LogP contribution in [0.4, 0.5) is 13.2 Å². The summed E-state index contributed by atoms with van der Waals surface area (Å²) in [5.41, 5.74) is -0.0312. The van der Waals surface area contributed by atoms with E-state index in [-0.39, 0.29) is 5.56 Å². The van der Waals surface area contributed by atoms with Crippen molar-refractivity contribution in [1.82, 2.24) is 4.72 Å².